The quantitative estimate of drug-likeness (QED) is 0.748. The van der Waals surface area contributed by atoms with Gasteiger partial charge in [-0.05, 0) is 13.8 Å². The van der Waals surface area contributed by atoms with E-state index >= 15 is 0 Å². The first-order valence-electron chi connectivity index (χ1n) is 6.40. The molecule has 0 saturated carbocycles. The average molecular weight is 265 g/mol. The number of carbonyl (C=O) groups excluding carboxylic acids is 1. The van der Waals surface area contributed by atoms with E-state index < -0.39 is 5.91 Å². The van der Waals surface area contributed by atoms with Crippen LogP contribution in [0.1, 0.15) is 39.1 Å². The number of rotatable bonds is 5. The summed E-state index contributed by atoms with van der Waals surface area (Å²) in [6, 6.07) is 0. The summed E-state index contributed by atoms with van der Waals surface area (Å²) in [5, 5.41) is 6.17. The van der Waals surface area contributed by atoms with Crippen molar-refractivity contribution in [2.24, 2.45) is 5.73 Å². The van der Waals surface area contributed by atoms with E-state index in [1.54, 1.807) is 0 Å². The molecular weight excluding hydrogens is 242 g/mol. The third kappa shape index (κ3) is 4.08. The predicted molar refractivity (Wildman–Crippen MR) is 77.3 cm³/mol. The van der Waals surface area contributed by atoms with Gasteiger partial charge in [0.1, 0.15) is 17.5 Å². The first-order chi connectivity index (χ1) is 8.75. The van der Waals surface area contributed by atoms with Gasteiger partial charge in [-0.25, -0.2) is 9.97 Å². The highest BCUT2D eigenvalue weighted by molar-refractivity contribution is 5.79. The Kier molecular flexibility index (Phi) is 4.69. The molecule has 0 aliphatic heterocycles. The summed E-state index contributed by atoms with van der Waals surface area (Å²) >= 11 is 0. The van der Waals surface area contributed by atoms with Crippen molar-refractivity contribution in [2.75, 3.05) is 23.7 Å². The highest BCUT2D eigenvalue weighted by Crippen LogP contribution is 2.26. The molecule has 0 radical (unpaired) electrons. The molecule has 19 heavy (non-hydrogen) atoms. The Hall–Kier alpha value is -1.85. The third-order valence-electron chi connectivity index (χ3n) is 2.59. The molecule has 6 heteroatoms. The molecule has 0 aliphatic carbocycles. The van der Waals surface area contributed by atoms with Crippen LogP contribution in [0.25, 0.3) is 0 Å². The van der Waals surface area contributed by atoms with Gasteiger partial charge in [0.2, 0.25) is 5.91 Å². The number of aromatic nitrogens is 2. The molecule has 106 valence electrons. The zero-order chi connectivity index (χ0) is 14.6. The van der Waals surface area contributed by atoms with E-state index in [1.165, 1.54) is 0 Å². The van der Waals surface area contributed by atoms with Crippen LogP contribution in [0.2, 0.25) is 0 Å². The Balaban J connectivity index is 3.19. The summed E-state index contributed by atoms with van der Waals surface area (Å²) < 4.78 is 0. The molecule has 1 aromatic rings. The molecule has 0 unspecified atom stereocenters. The zero-order valence-electron chi connectivity index (χ0n) is 12.3. The molecule has 6 nitrogen and oxygen atoms in total. The van der Waals surface area contributed by atoms with E-state index in [1.807, 2.05) is 34.6 Å². The molecule has 1 amide bonds. The van der Waals surface area contributed by atoms with Gasteiger partial charge in [0.15, 0.2) is 0 Å². The Bertz CT molecular complexity index is 465. The molecule has 0 bridgehead atoms. The number of carbonyl (C=O) groups is 1. The number of anilines is 2. The fourth-order valence-corrected chi connectivity index (χ4v) is 1.53. The number of hydrogen-bond donors (Lipinski definition) is 3. The van der Waals surface area contributed by atoms with Gasteiger partial charge in [-0.1, -0.05) is 20.8 Å². The standard InChI is InChI=1S/C13H23N5O/c1-6-15-10-8(2)11(16-7-9(14)19)18-12(17-10)13(3,4)5/h6-7H2,1-5H3,(H2,14,19)(H2,15,16,17,18). The first-order valence-corrected chi connectivity index (χ1v) is 6.40. The number of primary amides is 1. The van der Waals surface area contributed by atoms with Gasteiger partial charge in [0.05, 0.1) is 6.54 Å². The topological polar surface area (TPSA) is 92.9 Å². The second kappa shape index (κ2) is 5.86. The fraction of sp³-hybridized carbons (Fsp3) is 0.615. The maximum absolute atomic E-state index is 10.9. The molecule has 0 aromatic carbocycles. The summed E-state index contributed by atoms with van der Waals surface area (Å²) in [5.41, 5.74) is 5.87. The largest absolute Gasteiger partial charge is 0.370 e. The summed E-state index contributed by atoms with van der Waals surface area (Å²) in [4.78, 5) is 19.9. The number of nitrogens with one attached hydrogen (secondary N) is 2. The lowest BCUT2D eigenvalue weighted by Gasteiger charge is -2.21. The maximum atomic E-state index is 10.9. The molecule has 0 fully saturated rings. The summed E-state index contributed by atoms with van der Waals surface area (Å²) in [6.07, 6.45) is 0. The van der Waals surface area contributed by atoms with Gasteiger partial charge >= 0.3 is 0 Å². The normalized spacial score (nSPS) is 11.2. The highest BCUT2D eigenvalue weighted by Gasteiger charge is 2.21. The molecule has 1 rings (SSSR count). The van der Waals surface area contributed by atoms with Crippen LogP contribution in [-0.2, 0) is 10.2 Å². The van der Waals surface area contributed by atoms with Crippen LogP contribution in [0.4, 0.5) is 11.6 Å². The van der Waals surface area contributed by atoms with Crippen molar-refractivity contribution in [1.82, 2.24) is 9.97 Å². The van der Waals surface area contributed by atoms with Crippen LogP contribution < -0.4 is 16.4 Å². The smallest absolute Gasteiger partial charge is 0.236 e. The van der Waals surface area contributed by atoms with Crippen LogP contribution in [0, 0.1) is 6.92 Å². The van der Waals surface area contributed by atoms with Gasteiger partial charge in [-0.15, -0.1) is 0 Å². The van der Waals surface area contributed by atoms with E-state index in [-0.39, 0.29) is 12.0 Å². The number of nitrogens with zero attached hydrogens (tertiary/aromatic N) is 2. The second-order valence-electron chi connectivity index (χ2n) is 5.47. The van der Waals surface area contributed by atoms with E-state index in [2.05, 4.69) is 20.6 Å². The van der Waals surface area contributed by atoms with E-state index in [0.717, 1.165) is 23.8 Å². The lowest BCUT2D eigenvalue weighted by Crippen LogP contribution is -2.25. The molecule has 4 N–H and O–H groups in total. The van der Waals surface area contributed by atoms with E-state index in [9.17, 15) is 4.79 Å². The maximum Gasteiger partial charge on any atom is 0.236 e. The van der Waals surface area contributed by atoms with Gasteiger partial charge in [0.25, 0.3) is 0 Å². The molecule has 0 atom stereocenters. The van der Waals surface area contributed by atoms with Crippen LogP contribution in [0.15, 0.2) is 0 Å². The Labute approximate surface area is 114 Å². The molecule has 0 saturated heterocycles. The minimum absolute atomic E-state index is 0.0625. The molecule has 0 spiro atoms. The van der Waals surface area contributed by atoms with Gasteiger partial charge in [-0.2, -0.15) is 0 Å². The highest BCUT2D eigenvalue weighted by atomic mass is 16.1. The Morgan fingerprint density at radius 2 is 1.74 bits per heavy atom. The van der Waals surface area contributed by atoms with Crippen LogP contribution >= 0.6 is 0 Å². The van der Waals surface area contributed by atoms with E-state index in [4.69, 9.17) is 5.73 Å². The lowest BCUT2D eigenvalue weighted by atomic mass is 9.95. The monoisotopic (exact) mass is 265 g/mol. The minimum atomic E-state index is -0.416. The Morgan fingerprint density at radius 3 is 2.16 bits per heavy atom. The van der Waals surface area contributed by atoms with Gasteiger partial charge < -0.3 is 16.4 Å². The SMILES string of the molecule is CCNc1nc(C(C)(C)C)nc(NCC(N)=O)c1C. The van der Waals surface area contributed by atoms with Crippen molar-refractivity contribution < 1.29 is 4.79 Å². The van der Waals surface area contributed by atoms with Crippen LogP contribution in [0.5, 0.6) is 0 Å². The average Bonchev–Trinajstić information content (AvgIpc) is 2.28. The molecule has 1 heterocycles. The number of amides is 1. The summed E-state index contributed by atoms with van der Waals surface area (Å²) in [6.45, 7) is 10.9. The molecule has 1 aromatic heterocycles. The van der Waals surface area contributed by atoms with Gasteiger partial charge in [0, 0.05) is 17.5 Å². The number of hydrogen-bond acceptors (Lipinski definition) is 5. The van der Waals surface area contributed by atoms with Crippen molar-refractivity contribution in [3.8, 4) is 0 Å². The molecular formula is C13H23N5O. The van der Waals surface area contributed by atoms with E-state index in [0.29, 0.717) is 5.82 Å². The first kappa shape index (κ1) is 15.2. The summed E-state index contributed by atoms with van der Waals surface area (Å²) in [5.74, 6) is 1.74. The predicted octanol–water partition coefficient (Wildman–Crippen LogP) is 1.41. The zero-order valence-corrected chi connectivity index (χ0v) is 12.3. The van der Waals surface area contributed by atoms with Crippen molar-refractivity contribution in [2.45, 2.75) is 40.0 Å². The van der Waals surface area contributed by atoms with Crippen molar-refractivity contribution >= 4 is 17.5 Å². The third-order valence-corrected chi connectivity index (χ3v) is 2.59. The Morgan fingerprint density at radius 1 is 1.21 bits per heavy atom. The second-order valence-corrected chi connectivity index (χ2v) is 5.47. The number of nitrogens with two attached hydrogens (primary N) is 1. The summed E-state index contributed by atoms with van der Waals surface area (Å²) in [7, 11) is 0. The van der Waals surface area contributed by atoms with Crippen molar-refractivity contribution in [1.29, 1.82) is 0 Å². The minimum Gasteiger partial charge on any atom is -0.370 e. The van der Waals surface area contributed by atoms with Crippen molar-refractivity contribution in [3.05, 3.63) is 11.4 Å². The fourth-order valence-electron chi connectivity index (χ4n) is 1.53. The van der Waals surface area contributed by atoms with Crippen LogP contribution in [-0.4, -0.2) is 29.0 Å². The lowest BCUT2D eigenvalue weighted by molar-refractivity contribution is -0.116. The molecule has 0 aliphatic rings. The van der Waals surface area contributed by atoms with Crippen LogP contribution in [0.3, 0.4) is 0 Å². The van der Waals surface area contributed by atoms with Crippen molar-refractivity contribution in [3.63, 3.8) is 0 Å². The van der Waals surface area contributed by atoms with Gasteiger partial charge in [-0.3, -0.25) is 4.79 Å².